The van der Waals surface area contributed by atoms with Gasteiger partial charge in [0, 0.05) is 12.0 Å². The number of fused-ring (bicyclic) bond motifs is 1. The van der Waals surface area contributed by atoms with Crippen LogP contribution in [0.4, 0.5) is 0 Å². The summed E-state index contributed by atoms with van der Waals surface area (Å²) < 4.78 is 11.8. The van der Waals surface area contributed by atoms with E-state index in [0.29, 0.717) is 6.04 Å². The predicted octanol–water partition coefficient (Wildman–Crippen LogP) is 2.40. The molecule has 0 bridgehead atoms. The fourth-order valence-corrected chi connectivity index (χ4v) is 2.52. The Hall–Kier alpha value is -1.22. The molecule has 1 aliphatic rings. The van der Waals surface area contributed by atoms with E-state index in [9.17, 15) is 0 Å². The third-order valence-electron chi connectivity index (χ3n) is 4.10. The van der Waals surface area contributed by atoms with Crippen LogP contribution in [0.15, 0.2) is 12.1 Å². The molecule has 0 unspecified atom stereocenters. The number of hydrogen-bond acceptors (Lipinski definition) is 2. The molecule has 3 nitrogen and oxygen atoms in total. The molecular weight excluding hydrogens is 214 g/mol. The van der Waals surface area contributed by atoms with E-state index in [0.717, 1.165) is 22.4 Å². The zero-order chi connectivity index (χ0) is 12.6. The van der Waals surface area contributed by atoms with Crippen molar-refractivity contribution in [2.75, 3.05) is 34.9 Å². The van der Waals surface area contributed by atoms with Crippen molar-refractivity contribution >= 4 is 0 Å². The van der Waals surface area contributed by atoms with E-state index in [-0.39, 0.29) is 0 Å². The summed E-state index contributed by atoms with van der Waals surface area (Å²) in [5.74, 6) is 1.67. The maximum atomic E-state index is 5.39. The molecule has 1 heterocycles. The average molecular weight is 236 g/mol. The monoisotopic (exact) mass is 236 g/mol. The number of ether oxygens (including phenoxy) is 2. The Morgan fingerprint density at radius 1 is 1.12 bits per heavy atom. The molecule has 2 rings (SSSR count). The summed E-state index contributed by atoms with van der Waals surface area (Å²) in [6.07, 6.45) is 1.10. The van der Waals surface area contributed by atoms with Gasteiger partial charge in [0.2, 0.25) is 0 Å². The number of hydrogen-bond donors (Lipinski definition) is 0. The molecule has 0 amide bonds. The van der Waals surface area contributed by atoms with Gasteiger partial charge in [0.1, 0.15) is 6.04 Å². The molecule has 0 N–H and O–H groups in total. The molecular formula is C14H22NO2+. The standard InChI is InChI=1S/C14H22NO2/c1-10-12-9-14(17-5)13(16-4)8-11(12)6-7-15(10,2)3/h8-10H,6-7H2,1-5H3/q+1/t10-/m0/s1. The molecule has 1 atom stereocenters. The maximum Gasteiger partial charge on any atom is 0.161 e. The van der Waals surface area contributed by atoms with E-state index in [1.807, 2.05) is 0 Å². The molecule has 94 valence electrons. The van der Waals surface area contributed by atoms with Crippen molar-refractivity contribution in [3.8, 4) is 11.5 Å². The molecule has 17 heavy (non-hydrogen) atoms. The van der Waals surface area contributed by atoms with Crippen LogP contribution < -0.4 is 9.47 Å². The highest BCUT2D eigenvalue weighted by atomic mass is 16.5. The minimum Gasteiger partial charge on any atom is -0.493 e. The van der Waals surface area contributed by atoms with Crippen molar-refractivity contribution in [2.45, 2.75) is 19.4 Å². The second kappa shape index (κ2) is 4.22. The Labute approximate surface area is 104 Å². The second-order valence-electron chi connectivity index (χ2n) is 5.33. The zero-order valence-corrected chi connectivity index (χ0v) is 11.4. The number of nitrogens with zero attached hydrogens (tertiary/aromatic N) is 1. The quantitative estimate of drug-likeness (QED) is 0.734. The van der Waals surface area contributed by atoms with E-state index < -0.39 is 0 Å². The number of methoxy groups -OCH3 is 2. The second-order valence-corrected chi connectivity index (χ2v) is 5.33. The molecule has 0 aromatic heterocycles. The third-order valence-corrected chi connectivity index (χ3v) is 4.10. The fourth-order valence-electron chi connectivity index (χ4n) is 2.52. The Bertz CT molecular complexity index is 426. The minimum absolute atomic E-state index is 0.499. The van der Waals surface area contributed by atoms with Gasteiger partial charge in [-0.1, -0.05) is 0 Å². The van der Waals surface area contributed by atoms with Crippen LogP contribution in [0.2, 0.25) is 0 Å². The van der Waals surface area contributed by atoms with Gasteiger partial charge in [0.05, 0.1) is 34.9 Å². The van der Waals surface area contributed by atoms with E-state index in [4.69, 9.17) is 9.47 Å². The van der Waals surface area contributed by atoms with Gasteiger partial charge in [-0.25, -0.2) is 0 Å². The fraction of sp³-hybridized carbons (Fsp3) is 0.571. The Balaban J connectivity index is 2.51. The summed E-state index contributed by atoms with van der Waals surface area (Å²) in [6.45, 7) is 3.45. The lowest BCUT2D eigenvalue weighted by Gasteiger charge is -2.41. The first-order valence-corrected chi connectivity index (χ1v) is 6.07. The van der Waals surface area contributed by atoms with E-state index in [2.05, 4.69) is 33.2 Å². The van der Waals surface area contributed by atoms with Gasteiger partial charge in [-0.3, -0.25) is 0 Å². The zero-order valence-electron chi connectivity index (χ0n) is 11.4. The first kappa shape index (κ1) is 12.2. The smallest absolute Gasteiger partial charge is 0.161 e. The summed E-state index contributed by atoms with van der Waals surface area (Å²) >= 11 is 0. The van der Waals surface area contributed by atoms with Crippen LogP contribution in [0.3, 0.4) is 0 Å². The van der Waals surface area contributed by atoms with Crippen LogP contribution in [0.1, 0.15) is 24.1 Å². The van der Waals surface area contributed by atoms with Crippen molar-refractivity contribution < 1.29 is 14.0 Å². The van der Waals surface area contributed by atoms with Crippen LogP contribution in [-0.4, -0.2) is 39.3 Å². The van der Waals surface area contributed by atoms with E-state index in [1.165, 1.54) is 17.7 Å². The first-order valence-electron chi connectivity index (χ1n) is 6.07. The topological polar surface area (TPSA) is 18.5 Å². The predicted molar refractivity (Wildman–Crippen MR) is 68.6 cm³/mol. The van der Waals surface area contributed by atoms with E-state index >= 15 is 0 Å². The third kappa shape index (κ3) is 2.00. The van der Waals surface area contributed by atoms with Crippen molar-refractivity contribution in [1.82, 2.24) is 0 Å². The lowest BCUT2D eigenvalue weighted by Crippen LogP contribution is -2.46. The van der Waals surface area contributed by atoms with Crippen molar-refractivity contribution in [3.63, 3.8) is 0 Å². The number of quaternary nitrogens is 1. The maximum absolute atomic E-state index is 5.39. The summed E-state index contributed by atoms with van der Waals surface area (Å²) in [7, 11) is 7.95. The van der Waals surface area contributed by atoms with Crippen LogP contribution in [0.25, 0.3) is 0 Å². The SMILES string of the molecule is COc1cc2c(cc1OC)[C@H](C)[N+](C)(C)CC2. The molecule has 0 spiro atoms. The molecule has 1 aromatic rings. The molecule has 0 saturated carbocycles. The van der Waals surface area contributed by atoms with Crippen molar-refractivity contribution in [1.29, 1.82) is 0 Å². The summed E-state index contributed by atoms with van der Waals surface area (Å²) in [5, 5.41) is 0. The highest BCUT2D eigenvalue weighted by Crippen LogP contribution is 2.39. The Morgan fingerprint density at radius 3 is 2.29 bits per heavy atom. The van der Waals surface area contributed by atoms with Crippen molar-refractivity contribution in [3.05, 3.63) is 23.3 Å². The van der Waals surface area contributed by atoms with Gasteiger partial charge < -0.3 is 14.0 Å². The number of likely N-dealkylation sites (N-methyl/N-ethyl adjacent to an activating group) is 1. The Morgan fingerprint density at radius 2 is 1.71 bits per heavy atom. The highest BCUT2D eigenvalue weighted by molar-refractivity contribution is 5.48. The van der Waals surface area contributed by atoms with Gasteiger partial charge in [-0.2, -0.15) is 0 Å². The van der Waals surface area contributed by atoms with E-state index in [1.54, 1.807) is 14.2 Å². The average Bonchev–Trinajstić information content (AvgIpc) is 2.33. The summed E-state index contributed by atoms with van der Waals surface area (Å²) in [5.41, 5.74) is 2.78. The molecule has 1 aliphatic heterocycles. The summed E-state index contributed by atoms with van der Waals surface area (Å²) in [6, 6.07) is 4.76. The lowest BCUT2D eigenvalue weighted by atomic mass is 9.91. The van der Waals surface area contributed by atoms with Crippen LogP contribution >= 0.6 is 0 Å². The molecule has 0 radical (unpaired) electrons. The minimum atomic E-state index is 0.499. The lowest BCUT2D eigenvalue weighted by molar-refractivity contribution is -0.921. The largest absolute Gasteiger partial charge is 0.493 e. The molecule has 0 saturated heterocycles. The summed E-state index contributed by atoms with van der Waals surface area (Å²) in [4.78, 5) is 0. The number of rotatable bonds is 2. The van der Waals surface area contributed by atoms with Gasteiger partial charge in [0.25, 0.3) is 0 Å². The van der Waals surface area contributed by atoms with Gasteiger partial charge >= 0.3 is 0 Å². The normalized spacial score (nSPS) is 21.8. The van der Waals surface area contributed by atoms with Crippen LogP contribution in [0, 0.1) is 0 Å². The Kier molecular flexibility index (Phi) is 3.04. The molecule has 1 aromatic carbocycles. The number of benzene rings is 1. The van der Waals surface area contributed by atoms with Gasteiger partial charge in [0.15, 0.2) is 11.5 Å². The molecule has 0 aliphatic carbocycles. The first-order chi connectivity index (χ1) is 7.99. The van der Waals surface area contributed by atoms with Crippen molar-refractivity contribution in [2.24, 2.45) is 0 Å². The highest BCUT2D eigenvalue weighted by Gasteiger charge is 2.33. The van der Waals surface area contributed by atoms with Crippen LogP contribution in [0.5, 0.6) is 11.5 Å². The van der Waals surface area contributed by atoms with Crippen LogP contribution in [-0.2, 0) is 6.42 Å². The van der Waals surface area contributed by atoms with Gasteiger partial charge in [-0.15, -0.1) is 0 Å². The molecule has 3 heteroatoms. The van der Waals surface area contributed by atoms with Gasteiger partial charge in [-0.05, 0) is 24.6 Å². The molecule has 0 fully saturated rings.